The van der Waals surface area contributed by atoms with Gasteiger partial charge in [0.2, 0.25) is 6.29 Å². The van der Waals surface area contributed by atoms with Gasteiger partial charge < -0.3 is 4.74 Å². The molecule has 0 aliphatic rings. The average molecular weight is 369 g/mol. The maximum atomic E-state index is 10.6. The van der Waals surface area contributed by atoms with Gasteiger partial charge in [-0.3, -0.25) is 4.79 Å². The molecule has 0 aromatic heterocycles. The third-order valence-electron chi connectivity index (χ3n) is 2.34. The lowest BCUT2D eigenvalue weighted by atomic mass is 10.2. The fourth-order valence-corrected chi connectivity index (χ4v) is 2.90. The third kappa shape index (κ3) is 3.21. The molecular weight excluding hydrogens is 360 g/mol. The minimum atomic E-state index is 0.473. The summed E-state index contributed by atoms with van der Waals surface area (Å²) in [6, 6.07) is 13.2. The van der Waals surface area contributed by atoms with Crippen molar-refractivity contribution in [2.45, 2.75) is 6.61 Å². The van der Waals surface area contributed by atoms with Gasteiger partial charge in [-0.05, 0) is 49.6 Å². The summed E-state index contributed by atoms with van der Waals surface area (Å²) in [6.07, 6.45) is 1.84. The second-order valence-electron chi connectivity index (χ2n) is 3.65. The van der Waals surface area contributed by atoms with E-state index in [2.05, 4.69) is 31.9 Å². The van der Waals surface area contributed by atoms with Crippen LogP contribution in [0.5, 0.6) is 5.75 Å². The maximum Gasteiger partial charge on any atom is 0.233 e. The van der Waals surface area contributed by atoms with Gasteiger partial charge in [-0.1, -0.05) is 30.3 Å². The van der Waals surface area contributed by atoms with Crippen molar-refractivity contribution in [3.8, 4) is 5.75 Å². The Morgan fingerprint density at radius 2 is 1.67 bits per heavy atom. The van der Waals surface area contributed by atoms with Crippen molar-refractivity contribution in [1.29, 1.82) is 0 Å². The first kappa shape index (κ1) is 13.3. The van der Waals surface area contributed by atoms with E-state index in [1.54, 1.807) is 12.1 Å². The Kier molecular flexibility index (Phi) is 4.55. The van der Waals surface area contributed by atoms with Crippen molar-refractivity contribution in [3.05, 3.63) is 62.5 Å². The van der Waals surface area contributed by atoms with E-state index in [1.165, 1.54) is 0 Å². The molecule has 0 unspecified atom stereocenters. The fourth-order valence-electron chi connectivity index (χ4n) is 1.49. The summed E-state index contributed by atoms with van der Waals surface area (Å²) < 4.78 is 7.19. The second kappa shape index (κ2) is 6.16. The van der Waals surface area contributed by atoms with Gasteiger partial charge in [0.1, 0.15) is 12.4 Å². The van der Waals surface area contributed by atoms with Gasteiger partial charge in [-0.25, -0.2) is 0 Å². The van der Waals surface area contributed by atoms with Crippen molar-refractivity contribution in [3.63, 3.8) is 0 Å². The molecule has 0 saturated heterocycles. The molecule has 2 rings (SSSR count). The van der Waals surface area contributed by atoms with Gasteiger partial charge in [0.15, 0.2) is 0 Å². The monoisotopic (exact) mass is 367 g/mol. The van der Waals surface area contributed by atoms with Crippen LogP contribution in [0.2, 0.25) is 0 Å². The highest BCUT2D eigenvalue weighted by atomic mass is 79.9. The molecule has 0 atom stereocenters. The van der Waals surface area contributed by atoms with Gasteiger partial charge in [0, 0.05) is 5.56 Å². The SMILES string of the molecule is O=[C]c1cc(Br)c(OCc2ccccc2)c(Br)c1. The quantitative estimate of drug-likeness (QED) is 0.806. The second-order valence-corrected chi connectivity index (χ2v) is 5.35. The van der Waals surface area contributed by atoms with Crippen LogP contribution in [0, 0.1) is 0 Å². The zero-order valence-corrected chi connectivity index (χ0v) is 12.5. The Hall–Kier alpha value is -1.13. The summed E-state index contributed by atoms with van der Waals surface area (Å²) in [5, 5.41) is 0. The Bertz CT molecular complexity index is 530. The number of ether oxygens (including phenoxy) is 1. The normalized spacial score (nSPS) is 10.1. The highest BCUT2D eigenvalue weighted by molar-refractivity contribution is 9.11. The number of hydrogen-bond donors (Lipinski definition) is 0. The first-order chi connectivity index (χ1) is 8.70. The van der Waals surface area contributed by atoms with Gasteiger partial charge >= 0.3 is 0 Å². The lowest BCUT2D eigenvalue weighted by Gasteiger charge is -2.10. The van der Waals surface area contributed by atoms with Crippen LogP contribution in [0.3, 0.4) is 0 Å². The summed E-state index contributed by atoms with van der Waals surface area (Å²) in [5.74, 6) is 0.679. The van der Waals surface area contributed by atoms with E-state index in [9.17, 15) is 4.79 Å². The number of halogens is 2. The Morgan fingerprint density at radius 3 is 2.22 bits per heavy atom. The Morgan fingerprint density at radius 1 is 1.06 bits per heavy atom. The van der Waals surface area contributed by atoms with E-state index in [0.717, 1.165) is 14.5 Å². The van der Waals surface area contributed by atoms with Crippen LogP contribution in [0.4, 0.5) is 0 Å². The van der Waals surface area contributed by atoms with Crippen molar-refractivity contribution < 1.29 is 9.53 Å². The molecule has 91 valence electrons. The number of hydrogen-bond acceptors (Lipinski definition) is 2. The zero-order chi connectivity index (χ0) is 13.0. The van der Waals surface area contributed by atoms with Gasteiger partial charge in [-0.2, -0.15) is 0 Å². The zero-order valence-electron chi connectivity index (χ0n) is 9.32. The molecule has 0 heterocycles. The predicted octanol–water partition coefficient (Wildman–Crippen LogP) is 4.25. The topological polar surface area (TPSA) is 26.3 Å². The van der Waals surface area contributed by atoms with Gasteiger partial charge in [0.05, 0.1) is 8.95 Å². The summed E-state index contributed by atoms with van der Waals surface area (Å²) in [4.78, 5) is 10.6. The first-order valence-electron chi connectivity index (χ1n) is 5.24. The molecule has 4 heteroatoms. The molecule has 2 aromatic carbocycles. The summed E-state index contributed by atoms with van der Waals surface area (Å²) in [7, 11) is 0. The summed E-state index contributed by atoms with van der Waals surface area (Å²) in [6.45, 7) is 0.474. The molecule has 0 spiro atoms. The van der Waals surface area contributed by atoms with E-state index in [0.29, 0.717) is 17.9 Å². The van der Waals surface area contributed by atoms with Crippen LogP contribution in [0.15, 0.2) is 51.4 Å². The van der Waals surface area contributed by atoms with Crippen molar-refractivity contribution >= 4 is 38.1 Å². The number of rotatable bonds is 4. The molecule has 0 aliphatic heterocycles. The van der Waals surface area contributed by atoms with E-state index in [4.69, 9.17) is 4.74 Å². The molecule has 2 nitrogen and oxygen atoms in total. The molecule has 0 N–H and O–H groups in total. The fraction of sp³-hybridized carbons (Fsp3) is 0.0714. The van der Waals surface area contributed by atoms with Crippen LogP contribution in [-0.2, 0) is 11.4 Å². The molecule has 0 amide bonds. The third-order valence-corrected chi connectivity index (χ3v) is 3.52. The van der Waals surface area contributed by atoms with Crippen LogP contribution in [0.25, 0.3) is 0 Å². The summed E-state index contributed by atoms with van der Waals surface area (Å²) in [5.41, 5.74) is 1.56. The largest absolute Gasteiger partial charge is 0.487 e. The maximum absolute atomic E-state index is 10.6. The van der Waals surface area contributed by atoms with E-state index >= 15 is 0 Å². The average Bonchev–Trinajstić information content (AvgIpc) is 2.38. The highest BCUT2D eigenvalue weighted by Crippen LogP contribution is 2.34. The number of benzene rings is 2. The molecule has 0 fully saturated rings. The molecule has 0 aliphatic carbocycles. The Balaban J connectivity index is 2.17. The highest BCUT2D eigenvalue weighted by Gasteiger charge is 2.09. The predicted molar refractivity (Wildman–Crippen MR) is 77.4 cm³/mol. The standard InChI is InChI=1S/C14H9Br2O2/c15-12-6-11(8-17)7-13(16)14(12)18-9-10-4-2-1-3-5-10/h1-7H,9H2. The smallest absolute Gasteiger partial charge is 0.233 e. The van der Waals surface area contributed by atoms with Gasteiger partial charge in [0.25, 0.3) is 0 Å². The van der Waals surface area contributed by atoms with Crippen LogP contribution < -0.4 is 4.74 Å². The molecule has 18 heavy (non-hydrogen) atoms. The molecule has 0 saturated carbocycles. The van der Waals surface area contributed by atoms with Gasteiger partial charge in [-0.15, -0.1) is 0 Å². The van der Waals surface area contributed by atoms with E-state index < -0.39 is 0 Å². The minimum Gasteiger partial charge on any atom is -0.487 e. The molecule has 0 bridgehead atoms. The first-order valence-corrected chi connectivity index (χ1v) is 6.83. The number of carbonyl (C=O) groups excluding carboxylic acids is 1. The molecular formula is C14H9Br2O2. The van der Waals surface area contributed by atoms with Crippen molar-refractivity contribution in [1.82, 2.24) is 0 Å². The van der Waals surface area contributed by atoms with Crippen LogP contribution >= 0.6 is 31.9 Å². The van der Waals surface area contributed by atoms with Crippen molar-refractivity contribution in [2.75, 3.05) is 0 Å². The van der Waals surface area contributed by atoms with Crippen LogP contribution in [0.1, 0.15) is 11.1 Å². The van der Waals surface area contributed by atoms with Crippen LogP contribution in [-0.4, -0.2) is 6.29 Å². The minimum absolute atomic E-state index is 0.473. The van der Waals surface area contributed by atoms with Crippen molar-refractivity contribution in [2.24, 2.45) is 0 Å². The molecule has 2 aromatic rings. The summed E-state index contributed by atoms with van der Waals surface area (Å²) >= 11 is 6.76. The van der Waals surface area contributed by atoms with E-state index in [1.807, 2.05) is 36.6 Å². The Labute approximate surface area is 122 Å². The molecule has 1 radical (unpaired) electrons. The lowest BCUT2D eigenvalue weighted by molar-refractivity contribution is 0.302. The van der Waals surface area contributed by atoms with E-state index in [-0.39, 0.29) is 0 Å². The lowest BCUT2D eigenvalue weighted by Crippen LogP contribution is -1.97.